The number of carbonyl (C=O) groups excluding carboxylic acids is 1. The summed E-state index contributed by atoms with van der Waals surface area (Å²) in [5, 5.41) is 3.32. The smallest absolute Gasteiger partial charge is 0.257 e. The van der Waals surface area contributed by atoms with Crippen LogP contribution in [-0.2, 0) is 21.4 Å². The number of anilines is 1. The molecule has 0 bridgehead atoms. The van der Waals surface area contributed by atoms with Gasteiger partial charge in [-0.25, -0.2) is 13.1 Å². The second-order valence-corrected chi connectivity index (χ2v) is 8.32. The highest BCUT2D eigenvalue weighted by molar-refractivity contribution is 7.89. The van der Waals surface area contributed by atoms with Crippen molar-refractivity contribution in [2.24, 2.45) is 0 Å². The number of hydrogen-bond donors (Lipinski definition) is 2. The zero-order valence-corrected chi connectivity index (χ0v) is 15.9. The van der Waals surface area contributed by atoms with Gasteiger partial charge < -0.3 is 10.2 Å². The van der Waals surface area contributed by atoms with Gasteiger partial charge in [0.25, 0.3) is 5.91 Å². The zero-order valence-electron chi connectivity index (χ0n) is 14.3. The van der Waals surface area contributed by atoms with Gasteiger partial charge >= 0.3 is 0 Å². The molecule has 1 aliphatic rings. The number of fused-ring (bicyclic) bond motifs is 1. The molecular weight excluding hydrogens is 374 g/mol. The van der Waals surface area contributed by atoms with Gasteiger partial charge in [0.05, 0.1) is 10.5 Å². The number of benzene rings is 2. The summed E-state index contributed by atoms with van der Waals surface area (Å²) >= 11 is 5.83. The van der Waals surface area contributed by atoms with E-state index < -0.39 is 10.0 Å². The fraction of sp³-hybridized carbons (Fsp3) is 0.167. The molecule has 0 saturated heterocycles. The van der Waals surface area contributed by atoms with Gasteiger partial charge in [0, 0.05) is 43.1 Å². The average Bonchev–Trinajstić information content (AvgIpc) is 2.89. The number of nitrogens with zero attached hydrogens (tertiary/aromatic N) is 1. The summed E-state index contributed by atoms with van der Waals surface area (Å²) < 4.78 is 27.8. The highest BCUT2D eigenvalue weighted by Gasteiger charge is 2.26. The lowest BCUT2D eigenvalue weighted by Gasteiger charge is -2.09. The number of amides is 1. The fourth-order valence-corrected chi connectivity index (χ4v) is 3.75. The van der Waals surface area contributed by atoms with Crippen LogP contribution in [0.15, 0.2) is 53.6 Å². The van der Waals surface area contributed by atoms with Gasteiger partial charge in [0.2, 0.25) is 10.0 Å². The lowest BCUT2D eigenvalue weighted by molar-refractivity contribution is -0.110. The third-order valence-electron chi connectivity index (χ3n) is 3.85. The molecule has 0 spiro atoms. The third kappa shape index (κ3) is 3.90. The third-order valence-corrected chi connectivity index (χ3v) is 5.50. The van der Waals surface area contributed by atoms with Gasteiger partial charge in [-0.1, -0.05) is 23.7 Å². The Morgan fingerprint density at radius 1 is 1.15 bits per heavy atom. The first-order valence-corrected chi connectivity index (χ1v) is 9.70. The average molecular weight is 392 g/mol. The largest absolute Gasteiger partial charge is 0.383 e. The molecule has 6 nitrogen and oxygen atoms in total. The number of rotatable bonds is 5. The molecule has 0 atom stereocenters. The van der Waals surface area contributed by atoms with Crippen molar-refractivity contribution in [1.82, 2.24) is 9.62 Å². The SMILES string of the molecule is CN(C)C=C1C(=O)Nc2ccc(S(=O)(=O)NCc3ccc(Cl)cc3)cc21. The van der Waals surface area contributed by atoms with E-state index in [0.717, 1.165) is 5.56 Å². The Kier molecular flexibility index (Phi) is 5.04. The van der Waals surface area contributed by atoms with Gasteiger partial charge in [0.1, 0.15) is 0 Å². The van der Waals surface area contributed by atoms with Crippen LogP contribution in [-0.4, -0.2) is 33.3 Å². The molecule has 8 heteroatoms. The Morgan fingerprint density at radius 3 is 2.50 bits per heavy atom. The van der Waals surface area contributed by atoms with Crippen LogP contribution in [0.2, 0.25) is 5.02 Å². The summed E-state index contributed by atoms with van der Waals surface area (Å²) in [6, 6.07) is 11.5. The van der Waals surface area contributed by atoms with E-state index in [0.29, 0.717) is 21.8 Å². The summed E-state index contributed by atoms with van der Waals surface area (Å²) in [7, 11) is -0.126. The standard InChI is InChI=1S/C18H18ClN3O3S/c1-22(2)11-16-15-9-14(7-8-17(15)21-18(16)23)26(24,25)20-10-12-3-5-13(19)6-4-12/h3-9,11,20H,10H2,1-2H3,(H,21,23). The Hall–Kier alpha value is -2.35. The molecule has 0 saturated carbocycles. The minimum Gasteiger partial charge on any atom is -0.383 e. The second-order valence-electron chi connectivity index (χ2n) is 6.12. The minimum atomic E-state index is -3.72. The van der Waals surface area contributed by atoms with Crippen molar-refractivity contribution < 1.29 is 13.2 Å². The Balaban J connectivity index is 1.86. The van der Waals surface area contributed by atoms with Crippen molar-refractivity contribution in [1.29, 1.82) is 0 Å². The molecule has 2 aromatic carbocycles. The van der Waals surface area contributed by atoms with Crippen LogP contribution in [0.25, 0.3) is 5.57 Å². The number of carbonyl (C=O) groups is 1. The quantitative estimate of drug-likeness (QED) is 0.768. The van der Waals surface area contributed by atoms with Crippen LogP contribution in [0.3, 0.4) is 0 Å². The summed E-state index contributed by atoms with van der Waals surface area (Å²) in [6.45, 7) is 0.147. The van der Waals surface area contributed by atoms with Gasteiger partial charge in [-0.05, 0) is 35.9 Å². The molecule has 1 aliphatic heterocycles. The number of nitrogens with one attached hydrogen (secondary N) is 2. The maximum absolute atomic E-state index is 12.6. The van der Waals surface area contributed by atoms with Crippen molar-refractivity contribution in [2.75, 3.05) is 19.4 Å². The van der Waals surface area contributed by atoms with Crippen molar-refractivity contribution in [2.45, 2.75) is 11.4 Å². The molecule has 2 aromatic rings. The highest BCUT2D eigenvalue weighted by atomic mass is 35.5. The van der Waals surface area contributed by atoms with Gasteiger partial charge in [-0.2, -0.15) is 0 Å². The van der Waals surface area contributed by atoms with Crippen LogP contribution < -0.4 is 10.0 Å². The van der Waals surface area contributed by atoms with E-state index in [1.165, 1.54) is 12.1 Å². The van der Waals surface area contributed by atoms with Crippen molar-refractivity contribution in [3.63, 3.8) is 0 Å². The van der Waals surface area contributed by atoms with Gasteiger partial charge in [0.15, 0.2) is 0 Å². The van der Waals surface area contributed by atoms with Crippen LogP contribution in [0, 0.1) is 0 Å². The fourth-order valence-electron chi connectivity index (χ4n) is 2.58. The van der Waals surface area contributed by atoms with Crippen LogP contribution in [0.5, 0.6) is 0 Å². The van der Waals surface area contributed by atoms with Crippen LogP contribution >= 0.6 is 11.6 Å². The molecule has 136 valence electrons. The molecule has 0 fully saturated rings. The summed E-state index contributed by atoms with van der Waals surface area (Å²) in [4.78, 5) is 13.9. The summed E-state index contributed by atoms with van der Waals surface area (Å²) in [5.41, 5.74) is 2.39. The predicted octanol–water partition coefficient (Wildman–Crippen LogP) is 2.67. The lowest BCUT2D eigenvalue weighted by Crippen LogP contribution is -2.23. The normalized spacial score (nSPS) is 15.0. The monoisotopic (exact) mass is 391 g/mol. The second kappa shape index (κ2) is 7.11. The van der Waals surface area contributed by atoms with E-state index in [-0.39, 0.29) is 17.3 Å². The molecule has 3 rings (SSSR count). The van der Waals surface area contributed by atoms with E-state index in [1.54, 1.807) is 55.5 Å². The van der Waals surface area contributed by atoms with E-state index in [2.05, 4.69) is 10.0 Å². The molecule has 26 heavy (non-hydrogen) atoms. The molecule has 1 amide bonds. The predicted molar refractivity (Wildman–Crippen MR) is 102 cm³/mol. The molecule has 2 N–H and O–H groups in total. The topological polar surface area (TPSA) is 78.5 Å². The van der Waals surface area contributed by atoms with Crippen molar-refractivity contribution in [3.05, 3.63) is 64.8 Å². The van der Waals surface area contributed by atoms with E-state index in [1.807, 2.05) is 0 Å². The van der Waals surface area contributed by atoms with E-state index in [4.69, 9.17) is 11.6 Å². The maximum Gasteiger partial charge on any atom is 0.257 e. The van der Waals surface area contributed by atoms with Crippen molar-refractivity contribution in [3.8, 4) is 0 Å². The van der Waals surface area contributed by atoms with E-state index in [9.17, 15) is 13.2 Å². The molecule has 0 aromatic heterocycles. The summed E-state index contributed by atoms with van der Waals surface area (Å²) in [6.07, 6.45) is 1.67. The summed E-state index contributed by atoms with van der Waals surface area (Å²) in [5.74, 6) is -0.252. The van der Waals surface area contributed by atoms with Crippen LogP contribution in [0.1, 0.15) is 11.1 Å². The van der Waals surface area contributed by atoms with Crippen LogP contribution in [0.4, 0.5) is 5.69 Å². The first-order chi connectivity index (χ1) is 12.3. The first-order valence-electron chi connectivity index (χ1n) is 7.84. The number of hydrogen-bond acceptors (Lipinski definition) is 4. The molecule has 0 unspecified atom stereocenters. The Labute approximate surface area is 157 Å². The number of halogens is 1. The Bertz CT molecular complexity index is 983. The molecule has 0 radical (unpaired) electrons. The van der Waals surface area contributed by atoms with Gasteiger partial charge in [-0.15, -0.1) is 0 Å². The molecule has 1 heterocycles. The van der Waals surface area contributed by atoms with Crippen molar-refractivity contribution >= 4 is 38.8 Å². The lowest BCUT2D eigenvalue weighted by atomic mass is 10.1. The molecule has 0 aliphatic carbocycles. The Morgan fingerprint density at radius 2 is 1.85 bits per heavy atom. The zero-order chi connectivity index (χ0) is 18.9. The van der Waals surface area contributed by atoms with E-state index >= 15 is 0 Å². The van der Waals surface area contributed by atoms with Gasteiger partial charge in [-0.3, -0.25) is 4.79 Å². The maximum atomic E-state index is 12.6. The first kappa shape index (κ1) is 18.4. The molecular formula is C18H18ClN3O3S. The number of sulfonamides is 1. The highest BCUT2D eigenvalue weighted by Crippen LogP contribution is 2.33. The minimum absolute atomic E-state index is 0.103.